The Morgan fingerprint density at radius 3 is 2.81 bits per heavy atom. The number of nitrogens with zero attached hydrogens (tertiary/aromatic N) is 2. The van der Waals surface area contributed by atoms with E-state index in [-0.39, 0.29) is 5.91 Å². The van der Waals surface area contributed by atoms with E-state index in [1.165, 1.54) is 0 Å². The molecule has 26 heavy (non-hydrogen) atoms. The van der Waals surface area contributed by atoms with Gasteiger partial charge in [0.25, 0.3) is 5.91 Å². The number of nitrogens with one attached hydrogen (secondary N) is 1. The highest BCUT2D eigenvalue weighted by Crippen LogP contribution is 2.28. The van der Waals surface area contributed by atoms with Crippen molar-refractivity contribution in [1.82, 2.24) is 15.2 Å². The molecule has 4 nitrogen and oxygen atoms in total. The molecule has 6 heteroatoms. The SMILES string of the molecule is CCNCC1CCN(C(=O)c2ccccc2SCc2csc(C)n2)CC1. The van der Waals surface area contributed by atoms with Crippen molar-refractivity contribution in [2.75, 3.05) is 26.2 Å². The van der Waals surface area contributed by atoms with Crippen molar-refractivity contribution in [2.24, 2.45) is 5.92 Å². The third-order valence-electron chi connectivity index (χ3n) is 4.74. The predicted molar refractivity (Wildman–Crippen MR) is 110 cm³/mol. The third-order valence-corrected chi connectivity index (χ3v) is 6.67. The van der Waals surface area contributed by atoms with E-state index in [2.05, 4.69) is 28.7 Å². The summed E-state index contributed by atoms with van der Waals surface area (Å²) < 4.78 is 0. The van der Waals surface area contributed by atoms with Crippen molar-refractivity contribution >= 4 is 29.0 Å². The quantitative estimate of drug-likeness (QED) is 0.721. The van der Waals surface area contributed by atoms with E-state index in [1.807, 2.05) is 30.0 Å². The van der Waals surface area contributed by atoms with Gasteiger partial charge in [-0.25, -0.2) is 4.98 Å². The fourth-order valence-corrected chi connectivity index (χ4v) is 4.91. The summed E-state index contributed by atoms with van der Waals surface area (Å²) in [5.41, 5.74) is 1.92. The van der Waals surface area contributed by atoms with Crippen LogP contribution in [0.5, 0.6) is 0 Å². The van der Waals surface area contributed by atoms with E-state index in [0.717, 1.165) is 65.9 Å². The van der Waals surface area contributed by atoms with E-state index >= 15 is 0 Å². The zero-order valence-corrected chi connectivity index (χ0v) is 17.2. The van der Waals surface area contributed by atoms with Gasteiger partial charge in [-0.15, -0.1) is 23.1 Å². The number of thiazole rings is 1. The van der Waals surface area contributed by atoms with Crippen LogP contribution in [0.15, 0.2) is 34.5 Å². The van der Waals surface area contributed by atoms with E-state index in [0.29, 0.717) is 5.92 Å². The Morgan fingerprint density at radius 1 is 1.35 bits per heavy atom. The van der Waals surface area contributed by atoms with Gasteiger partial charge >= 0.3 is 0 Å². The molecule has 1 aromatic carbocycles. The lowest BCUT2D eigenvalue weighted by Crippen LogP contribution is -2.40. The third kappa shape index (κ3) is 5.09. The van der Waals surface area contributed by atoms with Crippen molar-refractivity contribution in [3.05, 3.63) is 45.9 Å². The smallest absolute Gasteiger partial charge is 0.254 e. The molecule has 2 heterocycles. The molecular weight excluding hydrogens is 362 g/mol. The fourth-order valence-electron chi connectivity index (χ4n) is 3.25. The first kappa shape index (κ1) is 19.4. The second-order valence-corrected chi connectivity index (χ2v) is 8.77. The second-order valence-electron chi connectivity index (χ2n) is 6.69. The maximum Gasteiger partial charge on any atom is 0.254 e. The van der Waals surface area contributed by atoms with Crippen LogP contribution in [0.25, 0.3) is 0 Å². The molecule has 3 rings (SSSR count). The summed E-state index contributed by atoms with van der Waals surface area (Å²) >= 11 is 3.38. The molecule has 0 unspecified atom stereocenters. The summed E-state index contributed by atoms with van der Waals surface area (Å²) in [5.74, 6) is 1.67. The molecule has 1 fully saturated rings. The molecular formula is C20H27N3OS2. The van der Waals surface area contributed by atoms with E-state index in [4.69, 9.17) is 0 Å². The Bertz CT molecular complexity index is 723. The van der Waals surface area contributed by atoms with Gasteiger partial charge in [0.2, 0.25) is 0 Å². The Hall–Kier alpha value is -1.37. The Labute approximate surface area is 164 Å². The molecule has 0 aliphatic carbocycles. The van der Waals surface area contributed by atoms with Gasteiger partial charge in [0.1, 0.15) is 0 Å². The van der Waals surface area contributed by atoms with Crippen LogP contribution >= 0.6 is 23.1 Å². The van der Waals surface area contributed by atoms with Gasteiger partial charge in [-0.2, -0.15) is 0 Å². The van der Waals surface area contributed by atoms with Gasteiger partial charge in [-0.3, -0.25) is 4.79 Å². The van der Waals surface area contributed by atoms with Gasteiger partial charge in [0.15, 0.2) is 0 Å². The van der Waals surface area contributed by atoms with Crippen molar-refractivity contribution in [3.63, 3.8) is 0 Å². The Balaban J connectivity index is 1.61. The Morgan fingerprint density at radius 2 is 2.12 bits per heavy atom. The molecule has 0 saturated carbocycles. The molecule has 0 spiro atoms. The molecule has 1 aliphatic heterocycles. The molecule has 0 radical (unpaired) electrons. The summed E-state index contributed by atoms with van der Waals surface area (Å²) in [5, 5.41) is 6.61. The van der Waals surface area contributed by atoms with Crippen LogP contribution in [-0.4, -0.2) is 42.0 Å². The largest absolute Gasteiger partial charge is 0.339 e. The standard InChI is InChI=1S/C20H27N3OS2/c1-3-21-12-16-8-10-23(11-9-16)20(24)18-6-4-5-7-19(18)26-14-17-13-25-15(2)22-17/h4-7,13,16,21H,3,8-12,14H2,1-2H3. The molecule has 1 aliphatic rings. The van der Waals surface area contributed by atoms with Crippen LogP contribution in [0.4, 0.5) is 0 Å². The number of thioether (sulfide) groups is 1. The molecule has 1 saturated heterocycles. The highest BCUT2D eigenvalue weighted by molar-refractivity contribution is 7.98. The van der Waals surface area contributed by atoms with Crippen LogP contribution in [0, 0.1) is 12.8 Å². The lowest BCUT2D eigenvalue weighted by molar-refractivity contribution is 0.0687. The summed E-state index contributed by atoms with van der Waals surface area (Å²) in [4.78, 5) is 20.6. The highest BCUT2D eigenvalue weighted by atomic mass is 32.2. The first-order chi connectivity index (χ1) is 12.7. The predicted octanol–water partition coefficient (Wildman–Crippen LogP) is 4.21. The van der Waals surface area contributed by atoms with Crippen LogP contribution in [0.2, 0.25) is 0 Å². The normalized spacial score (nSPS) is 15.4. The van der Waals surface area contributed by atoms with Crippen LogP contribution in [-0.2, 0) is 5.75 Å². The van der Waals surface area contributed by atoms with Gasteiger partial charge < -0.3 is 10.2 Å². The van der Waals surface area contributed by atoms with Gasteiger partial charge in [0, 0.05) is 29.1 Å². The van der Waals surface area contributed by atoms with Crippen LogP contribution < -0.4 is 5.32 Å². The molecule has 0 atom stereocenters. The summed E-state index contributed by atoms with van der Waals surface area (Å²) in [6.45, 7) is 7.97. The number of hydrogen-bond acceptors (Lipinski definition) is 5. The minimum atomic E-state index is 0.171. The molecule has 140 valence electrons. The lowest BCUT2D eigenvalue weighted by Gasteiger charge is -2.32. The molecule has 0 bridgehead atoms. The first-order valence-corrected chi connectivity index (χ1v) is 11.2. The molecule has 1 N–H and O–H groups in total. The monoisotopic (exact) mass is 389 g/mol. The number of benzene rings is 1. The number of hydrogen-bond donors (Lipinski definition) is 1. The van der Waals surface area contributed by atoms with Gasteiger partial charge in [-0.05, 0) is 50.9 Å². The van der Waals surface area contributed by atoms with E-state index in [9.17, 15) is 4.79 Å². The zero-order valence-electron chi connectivity index (χ0n) is 15.5. The van der Waals surface area contributed by atoms with Crippen LogP contribution in [0.3, 0.4) is 0 Å². The number of amides is 1. The maximum atomic E-state index is 13.0. The molecule has 1 aromatic heterocycles. The number of aromatic nitrogens is 1. The number of piperidine rings is 1. The molecule has 1 amide bonds. The van der Waals surface area contributed by atoms with Gasteiger partial charge in [-0.1, -0.05) is 19.1 Å². The summed E-state index contributed by atoms with van der Waals surface area (Å²) in [6, 6.07) is 7.98. The highest BCUT2D eigenvalue weighted by Gasteiger charge is 2.24. The Kier molecular flexibility index (Phi) is 7.11. The van der Waals surface area contributed by atoms with Crippen molar-refractivity contribution in [3.8, 4) is 0 Å². The molecule has 2 aromatic rings. The lowest BCUT2D eigenvalue weighted by atomic mass is 9.96. The van der Waals surface area contributed by atoms with E-state index < -0.39 is 0 Å². The average Bonchev–Trinajstić information content (AvgIpc) is 3.10. The zero-order chi connectivity index (χ0) is 18.4. The summed E-state index contributed by atoms with van der Waals surface area (Å²) in [7, 11) is 0. The average molecular weight is 390 g/mol. The number of aryl methyl sites for hydroxylation is 1. The minimum absolute atomic E-state index is 0.171. The maximum absolute atomic E-state index is 13.0. The van der Waals surface area contributed by atoms with E-state index in [1.54, 1.807) is 23.1 Å². The number of carbonyl (C=O) groups is 1. The van der Waals surface area contributed by atoms with Crippen LogP contribution in [0.1, 0.15) is 40.8 Å². The number of likely N-dealkylation sites (tertiary alicyclic amines) is 1. The second kappa shape index (κ2) is 9.53. The fraction of sp³-hybridized carbons (Fsp3) is 0.500. The number of rotatable bonds is 7. The number of carbonyl (C=O) groups excluding carboxylic acids is 1. The first-order valence-electron chi connectivity index (χ1n) is 9.30. The minimum Gasteiger partial charge on any atom is -0.339 e. The summed E-state index contributed by atoms with van der Waals surface area (Å²) in [6.07, 6.45) is 2.18. The topological polar surface area (TPSA) is 45.2 Å². The van der Waals surface area contributed by atoms with Crippen molar-refractivity contribution in [1.29, 1.82) is 0 Å². The van der Waals surface area contributed by atoms with Gasteiger partial charge in [0.05, 0.1) is 16.3 Å². The van der Waals surface area contributed by atoms with Crippen molar-refractivity contribution in [2.45, 2.75) is 37.3 Å². The van der Waals surface area contributed by atoms with Crippen molar-refractivity contribution < 1.29 is 4.79 Å².